The van der Waals surface area contributed by atoms with E-state index < -0.39 is 6.09 Å². The lowest BCUT2D eigenvalue weighted by Crippen LogP contribution is -2.30. The summed E-state index contributed by atoms with van der Waals surface area (Å²) in [7, 11) is 0. The van der Waals surface area contributed by atoms with Crippen LogP contribution in [-0.2, 0) is 17.8 Å². The van der Waals surface area contributed by atoms with Crippen molar-refractivity contribution in [2.75, 3.05) is 18.9 Å². The Bertz CT molecular complexity index is 1100. The zero-order valence-corrected chi connectivity index (χ0v) is 17.1. The second-order valence-electron chi connectivity index (χ2n) is 7.54. The molecule has 0 spiro atoms. The maximum Gasteiger partial charge on any atom is 0.407 e. The fourth-order valence-electron chi connectivity index (χ4n) is 4.39. The molecule has 1 aromatic carbocycles. The third-order valence-electron chi connectivity index (χ3n) is 5.84. The van der Waals surface area contributed by atoms with Gasteiger partial charge in [-0.25, -0.2) is 9.78 Å². The average molecular weight is 423 g/mol. The van der Waals surface area contributed by atoms with Crippen molar-refractivity contribution < 1.29 is 14.6 Å². The van der Waals surface area contributed by atoms with Crippen molar-refractivity contribution in [3.63, 3.8) is 0 Å². The number of pyridine rings is 1. The van der Waals surface area contributed by atoms with Gasteiger partial charge in [-0.1, -0.05) is 17.4 Å². The Morgan fingerprint density at radius 2 is 2.20 bits per heavy atom. The zero-order valence-electron chi connectivity index (χ0n) is 16.2. The summed E-state index contributed by atoms with van der Waals surface area (Å²) in [6, 6.07) is 6.09. The summed E-state index contributed by atoms with van der Waals surface area (Å²) >= 11 is 1.41. The molecule has 1 fully saturated rings. The number of carbonyl (C=O) groups is 1. The van der Waals surface area contributed by atoms with E-state index in [1.165, 1.54) is 16.9 Å². The Morgan fingerprint density at radius 3 is 3.00 bits per heavy atom. The molecule has 0 radical (unpaired) electrons. The van der Waals surface area contributed by atoms with Crippen LogP contribution < -0.4 is 5.73 Å². The molecule has 9 heteroatoms. The van der Waals surface area contributed by atoms with Gasteiger partial charge in [0.15, 0.2) is 5.01 Å². The summed E-state index contributed by atoms with van der Waals surface area (Å²) in [4.78, 5) is 17.7. The monoisotopic (exact) mass is 423 g/mol. The molecule has 1 saturated heterocycles. The van der Waals surface area contributed by atoms with Gasteiger partial charge < -0.3 is 20.5 Å². The van der Waals surface area contributed by atoms with E-state index in [4.69, 9.17) is 10.5 Å². The topological polar surface area (TPSA) is 114 Å². The number of hydrogen-bond donors (Lipinski definition) is 2. The quantitative estimate of drug-likeness (QED) is 0.659. The molecule has 8 nitrogen and oxygen atoms in total. The van der Waals surface area contributed by atoms with Crippen LogP contribution in [0, 0.1) is 0 Å². The normalized spacial score (nSPS) is 18.4. The smallest absolute Gasteiger partial charge is 0.407 e. The molecular formula is C21H21N5O3S. The van der Waals surface area contributed by atoms with Gasteiger partial charge in [0.2, 0.25) is 0 Å². The van der Waals surface area contributed by atoms with Crippen molar-refractivity contribution in [2.24, 2.45) is 0 Å². The molecule has 154 valence electrons. The van der Waals surface area contributed by atoms with Crippen molar-refractivity contribution in [1.82, 2.24) is 20.1 Å². The Morgan fingerprint density at radius 1 is 1.30 bits per heavy atom. The highest BCUT2D eigenvalue weighted by Crippen LogP contribution is 2.40. The van der Waals surface area contributed by atoms with Crippen LogP contribution in [0.2, 0.25) is 0 Å². The molecule has 0 bridgehead atoms. The van der Waals surface area contributed by atoms with Gasteiger partial charge >= 0.3 is 6.09 Å². The van der Waals surface area contributed by atoms with Crippen LogP contribution in [0.4, 0.5) is 10.6 Å². The van der Waals surface area contributed by atoms with E-state index in [-0.39, 0.29) is 6.04 Å². The van der Waals surface area contributed by atoms with Crippen LogP contribution in [0.15, 0.2) is 29.9 Å². The van der Waals surface area contributed by atoms with Gasteiger partial charge in [-0.15, -0.1) is 10.2 Å². The number of carboxylic acid groups (broad SMARTS) is 1. The molecule has 2 aliphatic rings. The Kier molecular flexibility index (Phi) is 4.84. The molecule has 0 aliphatic carbocycles. The standard InChI is InChI=1S/C21H21N5O3S/c22-19-16(20-25-24-11-30-20)8-14(9-23-19)13-6-12-3-5-29-10-17(12)15(7-13)18-2-1-4-26(18)21(27)28/h6-9,11,18H,1-5,10H2,(H2,22,23)(H,27,28). The lowest BCUT2D eigenvalue weighted by atomic mass is 9.88. The average Bonchev–Trinajstić information content (AvgIpc) is 3.45. The molecule has 1 unspecified atom stereocenters. The number of anilines is 1. The summed E-state index contributed by atoms with van der Waals surface area (Å²) in [5, 5.41) is 18.4. The van der Waals surface area contributed by atoms with Gasteiger partial charge in [0.05, 0.1) is 24.8 Å². The van der Waals surface area contributed by atoms with Crippen LogP contribution in [0.1, 0.15) is 35.6 Å². The fraction of sp³-hybridized carbons (Fsp3) is 0.333. The number of hydrogen-bond acceptors (Lipinski definition) is 7. The number of aromatic nitrogens is 3. The van der Waals surface area contributed by atoms with E-state index in [9.17, 15) is 9.90 Å². The number of benzene rings is 1. The van der Waals surface area contributed by atoms with Crippen molar-refractivity contribution >= 4 is 23.2 Å². The summed E-state index contributed by atoms with van der Waals surface area (Å²) in [6.07, 6.45) is 3.37. The number of rotatable bonds is 3. The minimum Gasteiger partial charge on any atom is -0.465 e. The highest BCUT2D eigenvalue weighted by Gasteiger charge is 2.33. The number of ether oxygens (including phenoxy) is 1. The maximum absolute atomic E-state index is 11.8. The maximum atomic E-state index is 11.8. The van der Waals surface area contributed by atoms with Crippen molar-refractivity contribution in [3.8, 4) is 21.7 Å². The number of nitrogens with zero attached hydrogens (tertiary/aromatic N) is 4. The van der Waals surface area contributed by atoms with E-state index in [0.29, 0.717) is 25.6 Å². The van der Waals surface area contributed by atoms with Gasteiger partial charge in [0, 0.05) is 18.3 Å². The summed E-state index contributed by atoms with van der Waals surface area (Å²) in [5.74, 6) is 0.412. The largest absolute Gasteiger partial charge is 0.465 e. The molecule has 3 N–H and O–H groups in total. The Balaban J connectivity index is 1.63. The molecule has 2 aromatic heterocycles. The van der Waals surface area contributed by atoms with Gasteiger partial charge in [-0.2, -0.15) is 0 Å². The first kappa shape index (κ1) is 19.0. The zero-order chi connectivity index (χ0) is 20.7. The highest BCUT2D eigenvalue weighted by atomic mass is 32.1. The first-order valence-corrected chi connectivity index (χ1v) is 10.7. The van der Waals surface area contributed by atoms with Crippen molar-refractivity contribution in [3.05, 3.63) is 46.6 Å². The second kappa shape index (κ2) is 7.66. The number of nitrogens with two attached hydrogens (primary N) is 1. The lowest BCUT2D eigenvalue weighted by molar-refractivity contribution is 0.107. The number of likely N-dealkylation sites (tertiary alicyclic amines) is 1. The first-order chi connectivity index (χ1) is 14.6. The number of amides is 1. The molecule has 1 amide bonds. The predicted octanol–water partition coefficient (Wildman–Crippen LogP) is 3.74. The van der Waals surface area contributed by atoms with Crippen molar-refractivity contribution in [2.45, 2.75) is 31.9 Å². The first-order valence-electron chi connectivity index (χ1n) is 9.87. The SMILES string of the molecule is Nc1ncc(-c2cc3c(c(C4CCCN4C(=O)O)c2)COCC3)cc1-c1nncs1. The predicted molar refractivity (Wildman–Crippen MR) is 113 cm³/mol. The molecule has 5 rings (SSSR count). The van der Waals surface area contributed by atoms with E-state index in [1.54, 1.807) is 16.6 Å². The molecule has 1 atom stereocenters. The highest BCUT2D eigenvalue weighted by molar-refractivity contribution is 7.12. The number of nitrogen functional groups attached to an aromatic ring is 1. The van der Waals surface area contributed by atoms with Crippen molar-refractivity contribution in [1.29, 1.82) is 0 Å². The van der Waals surface area contributed by atoms with Gasteiger partial charge in [-0.05, 0) is 53.6 Å². The van der Waals surface area contributed by atoms with Crippen LogP contribution in [-0.4, -0.2) is 44.4 Å². The Labute approximate surface area is 177 Å². The number of fused-ring (bicyclic) bond motifs is 1. The third kappa shape index (κ3) is 3.29. The van der Waals surface area contributed by atoms with E-state index in [1.807, 2.05) is 6.07 Å². The van der Waals surface area contributed by atoms with Gasteiger partial charge in [0.25, 0.3) is 0 Å². The summed E-state index contributed by atoms with van der Waals surface area (Å²) in [6.45, 7) is 1.74. The van der Waals surface area contributed by atoms with Crippen LogP contribution in [0.3, 0.4) is 0 Å². The minimum atomic E-state index is -0.874. The van der Waals surface area contributed by atoms with Crippen LogP contribution in [0.5, 0.6) is 0 Å². The van der Waals surface area contributed by atoms with Gasteiger partial charge in [0.1, 0.15) is 11.3 Å². The summed E-state index contributed by atoms with van der Waals surface area (Å²) in [5.41, 5.74) is 13.8. The summed E-state index contributed by atoms with van der Waals surface area (Å²) < 4.78 is 5.71. The molecule has 4 heterocycles. The third-order valence-corrected chi connectivity index (χ3v) is 6.56. The fourth-order valence-corrected chi connectivity index (χ4v) is 4.97. The molecule has 0 saturated carbocycles. The molecule has 2 aliphatic heterocycles. The molecular weight excluding hydrogens is 402 g/mol. The van der Waals surface area contributed by atoms with Gasteiger partial charge in [-0.3, -0.25) is 0 Å². The van der Waals surface area contributed by atoms with E-state index in [0.717, 1.165) is 52.1 Å². The van der Waals surface area contributed by atoms with E-state index >= 15 is 0 Å². The second-order valence-corrected chi connectivity index (χ2v) is 8.37. The lowest BCUT2D eigenvalue weighted by Gasteiger charge is -2.28. The minimum absolute atomic E-state index is 0.151. The van der Waals surface area contributed by atoms with Crippen LogP contribution in [0.25, 0.3) is 21.7 Å². The Hall–Kier alpha value is -3.04. The van der Waals surface area contributed by atoms with E-state index in [2.05, 4.69) is 27.3 Å². The molecule has 3 aromatic rings. The van der Waals surface area contributed by atoms with Crippen LogP contribution >= 0.6 is 11.3 Å². The molecule has 30 heavy (non-hydrogen) atoms.